The fraction of sp³-hybridized carbons (Fsp3) is 0.316. The number of nitrogens with zero attached hydrogens (tertiary/aromatic N) is 2. The van der Waals surface area contributed by atoms with Crippen LogP contribution in [-0.2, 0) is 6.54 Å². The molecular formula is C19H24N4O2. The zero-order chi connectivity index (χ0) is 18.1. The Labute approximate surface area is 148 Å². The van der Waals surface area contributed by atoms with Crippen LogP contribution in [0.5, 0.6) is 0 Å². The lowest BCUT2D eigenvalue weighted by Crippen LogP contribution is -2.28. The molecule has 1 heterocycles. The van der Waals surface area contributed by atoms with Crippen molar-refractivity contribution in [1.29, 1.82) is 0 Å². The Hall–Kier alpha value is -2.73. The lowest BCUT2D eigenvalue weighted by molar-refractivity contribution is 0.0947. The minimum absolute atomic E-state index is 0.229. The number of nitrogens with one attached hydrogen (secondary N) is 2. The van der Waals surface area contributed by atoms with Gasteiger partial charge >= 0.3 is 0 Å². The molecule has 25 heavy (non-hydrogen) atoms. The maximum absolute atomic E-state index is 12.3. The average Bonchev–Trinajstić information content (AvgIpc) is 2.64. The molecule has 0 atom stereocenters. The first-order valence-corrected chi connectivity index (χ1v) is 8.27. The lowest BCUT2D eigenvalue weighted by atomic mass is 10.2. The summed E-state index contributed by atoms with van der Waals surface area (Å²) in [4.78, 5) is 30.5. The smallest absolute Gasteiger partial charge is 0.269 e. The van der Waals surface area contributed by atoms with Gasteiger partial charge in [0.25, 0.3) is 11.8 Å². The van der Waals surface area contributed by atoms with E-state index in [2.05, 4.69) is 20.5 Å². The van der Waals surface area contributed by atoms with Crippen LogP contribution in [0.3, 0.4) is 0 Å². The standard InChI is InChI=1S/C19H24N4O2/c1-23(2)12-6-10-21-19(25)17-13-16(9-11-20-17)18(24)22-14-15-7-4-3-5-8-15/h3-5,7-9,11,13H,6,10,12,14H2,1-2H3,(H,21,25)(H,22,24). The molecule has 2 N–H and O–H groups in total. The summed E-state index contributed by atoms with van der Waals surface area (Å²) < 4.78 is 0. The molecular weight excluding hydrogens is 316 g/mol. The molecule has 2 rings (SSSR count). The molecule has 0 unspecified atom stereocenters. The van der Waals surface area contributed by atoms with E-state index in [0.717, 1.165) is 18.5 Å². The molecule has 6 nitrogen and oxygen atoms in total. The van der Waals surface area contributed by atoms with E-state index in [1.54, 1.807) is 6.07 Å². The number of carbonyl (C=O) groups excluding carboxylic acids is 2. The minimum atomic E-state index is -0.267. The quantitative estimate of drug-likeness (QED) is 0.717. The summed E-state index contributed by atoms with van der Waals surface area (Å²) in [7, 11) is 3.97. The molecule has 0 saturated heterocycles. The number of rotatable bonds is 8. The first-order chi connectivity index (χ1) is 12.1. The highest BCUT2D eigenvalue weighted by atomic mass is 16.2. The van der Waals surface area contributed by atoms with Crippen molar-refractivity contribution >= 4 is 11.8 Å². The Morgan fingerprint density at radius 2 is 1.80 bits per heavy atom. The Bertz CT molecular complexity index is 702. The van der Waals surface area contributed by atoms with Gasteiger partial charge in [-0.3, -0.25) is 14.6 Å². The molecule has 2 aromatic rings. The SMILES string of the molecule is CN(C)CCCNC(=O)c1cc(C(=O)NCc2ccccc2)ccn1. The lowest BCUT2D eigenvalue weighted by Gasteiger charge is -2.10. The normalized spacial score (nSPS) is 10.5. The van der Waals surface area contributed by atoms with Crippen molar-refractivity contribution in [3.63, 3.8) is 0 Å². The van der Waals surface area contributed by atoms with E-state index >= 15 is 0 Å². The van der Waals surface area contributed by atoms with Crippen molar-refractivity contribution < 1.29 is 9.59 Å². The molecule has 1 aromatic heterocycles. The summed E-state index contributed by atoms with van der Waals surface area (Å²) in [5, 5.41) is 5.66. The van der Waals surface area contributed by atoms with Crippen LogP contribution < -0.4 is 10.6 Å². The van der Waals surface area contributed by atoms with E-state index in [-0.39, 0.29) is 17.5 Å². The average molecular weight is 340 g/mol. The third kappa shape index (κ3) is 6.35. The second kappa shape index (κ2) is 9.54. The molecule has 0 aliphatic heterocycles. The summed E-state index contributed by atoms with van der Waals surface area (Å²) in [6.45, 7) is 1.91. The van der Waals surface area contributed by atoms with Crippen LogP contribution in [0.4, 0.5) is 0 Å². The minimum Gasteiger partial charge on any atom is -0.351 e. The van der Waals surface area contributed by atoms with Crippen LogP contribution in [0, 0.1) is 0 Å². The van der Waals surface area contributed by atoms with Gasteiger partial charge in [0.05, 0.1) is 0 Å². The largest absolute Gasteiger partial charge is 0.351 e. The van der Waals surface area contributed by atoms with Crippen molar-refractivity contribution in [3.8, 4) is 0 Å². The van der Waals surface area contributed by atoms with Crippen LogP contribution in [-0.4, -0.2) is 48.9 Å². The molecule has 1 aromatic carbocycles. The second-order valence-electron chi connectivity index (χ2n) is 6.01. The highest BCUT2D eigenvalue weighted by Crippen LogP contribution is 2.04. The van der Waals surface area contributed by atoms with Crippen molar-refractivity contribution in [2.45, 2.75) is 13.0 Å². The van der Waals surface area contributed by atoms with E-state index in [0.29, 0.717) is 18.7 Å². The van der Waals surface area contributed by atoms with E-state index in [1.165, 1.54) is 12.3 Å². The van der Waals surface area contributed by atoms with Crippen LogP contribution >= 0.6 is 0 Å². The predicted molar refractivity (Wildman–Crippen MR) is 97.4 cm³/mol. The highest BCUT2D eigenvalue weighted by Gasteiger charge is 2.11. The van der Waals surface area contributed by atoms with Gasteiger partial charge in [0.15, 0.2) is 0 Å². The number of amides is 2. The molecule has 0 fully saturated rings. The molecule has 0 aliphatic rings. The molecule has 0 spiro atoms. The zero-order valence-corrected chi connectivity index (χ0v) is 14.7. The van der Waals surface area contributed by atoms with E-state index in [1.807, 2.05) is 44.4 Å². The third-order valence-corrected chi connectivity index (χ3v) is 3.62. The van der Waals surface area contributed by atoms with Gasteiger partial charge in [-0.1, -0.05) is 30.3 Å². The molecule has 0 aliphatic carbocycles. The zero-order valence-electron chi connectivity index (χ0n) is 14.7. The van der Waals surface area contributed by atoms with Gasteiger partial charge in [-0.05, 0) is 44.8 Å². The molecule has 2 amide bonds. The van der Waals surface area contributed by atoms with Crippen molar-refractivity contribution in [3.05, 3.63) is 65.5 Å². The van der Waals surface area contributed by atoms with Crippen LogP contribution in [0.2, 0.25) is 0 Å². The number of carbonyl (C=O) groups is 2. The maximum atomic E-state index is 12.3. The predicted octanol–water partition coefficient (Wildman–Crippen LogP) is 1.69. The summed E-state index contributed by atoms with van der Waals surface area (Å²) in [5.74, 6) is -0.496. The molecule has 132 valence electrons. The van der Waals surface area contributed by atoms with Crippen molar-refractivity contribution in [1.82, 2.24) is 20.5 Å². The van der Waals surface area contributed by atoms with E-state index < -0.39 is 0 Å². The van der Waals surface area contributed by atoms with Gasteiger partial charge in [0.1, 0.15) is 5.69 Å². The van der Waals surface area contributed by atoms with Gasteiger partial charge in [0.2, 0.25) is 0 Å². The topological polar surface area (TPSA) is 74.3 Å². The Morgan fingerprint density at radius 3 is 2.52 bits per heavy atom. The molecule has 0 radical (unpaired) electrons. The first-order valence-electron chi connectivity index (χ1n) is 8.27. The van der Waals surface area contributed by atoms with E-state index in [4.69, 9.17) is 0 Å². The number of aromatic nitrogens is 1. The van der Waals surface area contributed by atoms with Gasteiger partial charge in [0, 0.05) is 24.8 Å². The first kappa shape index (κ1) is 18.6. The number of hydrogen-bond acceptors (Lipinski definition) is 4. The van der Waals surface area contributed by atoms with Crippen molar-refractivity contribution in [2.75, 3.05) is 27.2 Å². The summed E-state index contributed by atoms with van der Waals surface area (Å²) in [6.07, 6.45) is 2.34. The third-order valence-electron chi connectivity index (χ3n) is 3.62. The number of hydrogen-bond donors (Lipinski definition) is 2. The highest BCUT2D eigenvalue weighted by molar-refractivity contribution is 5.98. The second-order valence-corrected chi connectivity index (χ2v) is 6.01. The van der Waals surface area contributed by atoms with Crippen molar-refractivity contribution in [2.24, 2.45) is 0 Å². The molecule has 0 saturated carbocycles. The Balaban J connectivity index is 1.88. The van der Waals surface area contributed by atoms with Crippen LogP contribution in [0.25, 0.3) is 0 Å². The summed E-state index contributed by atoms with van der Waals surface area (Å²) in [6, 6.07) is 12.8. The Kier molecular flexibility index (Phi) is 7.10. The van der Waals surface area contributed by atoms with Gasteiger partial charge in [-0.25, -0.2) is 0 Å². The monoisotopic (exact) mass is 340 g/mol. The number of pyridine rings is 1. The van der Waals surface area contributed by atoms with Gasteiger partial charge in [-0.15, -0.1) is 0 Å². The molecule has 6 heteroatoms. The molecule has 0 bridgehead atoms. The fourth-order valence-electron chi connectivity index (χ4n) is 2.26. The summed E-state index contributed by atoms with van der Waals surface area (Å²) in [5.41, 5.74) is 1.69. The number of benzene rings is 1. The fourth-order valence-corrected chi connectivity index (χ4v) is 2.26. The van der Waals surface area contributed by atoms with Crippen LogP contribution in [0.15, 0.2) is 48.7 Å². The van der Waals surface area contributed by atoms with E-state index in [9.17, 15) is 9.59 Å². The van der Waals surface area contributed by atoms with Gasteiger partial charge in [-0.2, -0.15) is 0 Å². The summed E-state index contributed by atoms with van der Waals surface area (Å²) >= 11 is 0. The van der Waals surface area contributed by atoms with Gasteiger partial charge < -0.3 is 15.5 Å². The maximum Gasteiger partial charge on any atom is 0.269 e. The Morgan fingerprint density at radius 1 is 1.04 bits per heavy atom. The van der Waals surface area contributed by atoms with Crippen LogP contribution in [0.1, 0.15) is 32.8 Å².